The first kappa shape index (κ1) is 20.5. The van der Waals surface area contributed by atoms with Gasteiger partial charge in [0.05, 0.1) is 0 Å². The van der Waals surface area contributed by atoms with Gasteiger partial charge in [-0.25, -0.2) is 0 Å². The number of unbranched alkanes of at least 4 members (excludes halogenated alkanes) is 15. The second-order valence-electron chi connectivity index (χ2n) is 6.10. The van der Waals surface area contributed by atoms with Crippen LogP contribution in [0.1, 0.15) is 110 Å². The zero-order chi connectivity index (χ0) is 14.7. The van der Waals surface area contributed by atoms with Gasteiger partial charge >= 0.3 is 0 Å². The Balaban J connectivity index is 2.92. The fourth-order valence-corrected chi connectivity index (χ4v) is 3.06. The van der Waals surface area contributed by atoms with E-state index in [1.807, 2.05) is 0 Å². The summed E-state index contributed by atoms with van der Waals surface area (Å²) in [5.74, 6) is 0. The van der Waals surface area contributed by atoms with Gasteiger partial charge in [-0.3, -0.25) is 0 Å². The van der Waals surface area contributed by atoms with Crippen molar-refractivity contribution in [2.24, 2.45) is 0 Å². The molecule has 120 valence electrons. The maximum Gasteiger partial charge on any atom is -0.0274 e. The molecule has 0 bridgehead atoms. The largest absolute Gasteiger partial charge is 0.0785 e. The normalized spacial score (nSPS) is 11.5. The molecule has 0 rings (SSSR count). The van der Waals surface area contributed by atoms with Crippen LogP contribution in [-0.4, -0.2) is 0 Å². The SMILES string of the molecule is CCCCCCCCCCCCCCCCC/C=C/I. The van der Waals surface area contributed by atoms with Crippen molar-refractivity contribution in [3.63, 3.8) is 0 Å². The van der Waals surface area contributed by atoms with Crippen LogP contribution in [0.5, 0.6) is 0 Å². The van der Waals surface area contributed by atoms with E-state index in [4.69, 9.17) is 0 Å². The number of allylic oxidation sites excluding steroid dienone is 1. The van der Waals surface area contributed by atoms with Crippen molar-refractivity contribution < 1.29 is 0 Å². The Kier molecular flexibility index (Phi) is 19.9. The van der Waals surface area contributed by atoms with E-state index in [0.29, 0.717) is 0 Å². The van der Waals surface area contributed by atoms with Crippen LogP contribution in [0, 0.1) is 0 Å². The molecule has 0 radical (unpaired) electrons. The minimum absolute atomic E-state index is 1.28. The summed E-state index contributed by atoms with van der Waals surface area (Å²) < 4.78 is 2.14. The van der Waals surface area contributed by atoms with Gasteiger partial charge in [0.25, 0.3) is 0 Å². The van der Waals surface area contributed by atoms with E-state index < -0.39 is 0 Å². The molecule has 20 heavy (non-hydrogen) atoms. The fourth-order valence-electron chi connectivity index (χ4n) is 2.70. The lowest BCUT2D eigenvalue weighted by molar-refractivity contribution is 0.533. The zero-order valence-corrected chi connectivity index (χ0v) is 16.0. The molecular formula is C19H37I. The van der Waals surface area contributed by atoms with Gasteiger partial charge in [-0.15, -0.1) is 0 Å². The molecule has 0 spiro atoms. The van der Waals surface area contributed by atoms with Gasteiger partial charge < -0.3 is 0 Å². The van der Waals surface area contributed by atoms with Crippen molar-refractivity contribution in [2.45, 2.75) is 110 Å². The lowest BCUT2D eigenvalue weighted by Crippen LogP contribution is -1.83. The van der Waals surface area contributed by atoms with E-state index >= 15 is 0 Å². The van der Waals surface area contributed by atoms with Gasteiger partial charge in [0.2, 0.25) is 0 Å². The maximum absolute atomic E-state index is 2.31. The fraction of sp³-hybridized carbons (Fsp3) is 0.895. The number of hydrogen-bond acceptors (Lipinski definition) is 0. The number of halogens is 1. The number of hydrogen-bond donors (Lipinski definition) is 0. The van der Waals surface area contributed by atoms with Crippen LogP contribution in [0.4, 0.5) is 0 Å². The summed E-state index contributed by atoms with van der Waals surface area (Å²) in [5.41, 5.74) is 0. The maximum atomic E-state index is 2.31. The smallest absolute Gasteiger partial charge is 0.0274 e. The van der Waals surface area contributed by atoms with Crippen molar-refractivity contribution in [1.82, 2.24) is 0 Å². The Morgan fingerprint density at radius 3 is 1.25 bits per heavy atom. The molecular weight excluding hydrogens is 355 g/mol. The van der Waals surface area contributed by atoms with Gasteiger partial charge in [0.15, 0.2) is 0 Å². The van der Waals surface area contributed by atoms with Crippen LogP contribution >= 0.6 is 22.6 Å². The molecule has 0 nitrogen and oxygen atoms in total. The third-order valence-electron chi connectivity index (χ3n) is 4.06. The molecule has 0 aromatic carbocycles. The van der Waals surface area contributed by atoms with Crippen molar-refractivity contribution in [2.75, 3.05) is 0 Å². The van der Waals surface area contributed by atoms with Gasteiger partial charge in [-0.05, 0) is 16.9 Å². The molecule has 0 heterocycles. The van der Waals surface area contributed by atoms with Crippen LogP contribution in [0.2, 0.25) is 0 Å². The highest BCUT2D eigenvalue weighted by Gasteiger charge is 1.93. The third-order valence-corrected chi connectivity index (χ3v) is 4.57. The van der Waals surface area contributed by atoms with E-state index in [-0.39, 0.29) is 0 Å². The minimum atomic E-state index is 1.28. The molecule has 0 saturated heterocycles. The molecule has 0 unspecified atom stereocenters. The molecule has 0 atom stereocenters. The average molecular weight is 392 g/mol. The third kappa shape index (κ3) is 18.5. The van der Waals surface area contributed by atoms with Crippen LogP contribution in [0.15, 0.2) is 10.2 Å². The van der Waals surface area contributed by atoms with Gasteiger partial charge in [-0.2, -0.15) is 0 Å². The first-order chi connectivity index (χ1) is 9.91. The summed E-state index contributed by atoms with van der Waals surface area (Å²) in [4.78, 5) is 0. The molecule has 0 amide bonds. The van der Waals surface area contributed by atoms with Gasteiger partial charge in [0, 0.05) is 0 Å². The summed E-state index contributed by atoms with van der Waals surface area (Å²) in [5, 5.41) is 0. The molecule has 0 aromatic heterocycles. The highest BCUT2D eigenvalue weighted by atomic mass is 127. The predicted molar refractivity (Wildman–Crippen MR) is 103 cm³/mol. The lowest BCUT2D eigenvalue weighted by Gasteiger charge is -2.03. The van der Waals surface area contributed by atoms with Crippen LogP contribution in [0.25, 0.3) is 0 Å². The number of rotatable bonds is 16. The predicted octanol–water partition coefficient (Wildman–Crippen LogP) is 8.20. The van der Waals surface area contributed by atoms with E-state index in [0.717, 1.165) is 0 Å². The van der Waals surface area contributed by atoms with E-state index in [9.17, 15) is 0 Å². The Bertz CT molecular complexity index is 186. The second kappa shape index (κ2) is 19.5. The van der Waals surface area contributed by atoms with Crippen molar-refractivity contribution >= 4 is 22.6 Å². The molecule has 1 heteroatoms. The monoisotopic (exact) mass is 392 g/mol. The topological polar surface area (TPSA) is 0 Å². The van der Waals surface area contributed by atoms with Crippen molar-refractivity contribution in [3.05, 3.63) is 10.2 Å². The highest BCUT2D eigenvalue weighted by molar-refractivity contribution is 14.1. The summed E-state index contributed by atoms with van der Waals surface area (Å²) in [6.45, 7) is 2.29. The first-order valence-electron chi connectivity index (χ1n) is 9.17. The summed E-state index contributed by atoms with van der Waals surface area (Å²) >= 11 is 2.31. The average Bonchev–Trinajstić information content (AvgIpc) is 2.47. The van der Waals surface area contributed by atoms with Crippen molar-refractivity contribution in [3.8, 4) is 0 Å². The van der Waals surface area contributed by atoms with Gasteiger partial charge in [-0.1, -0.05) is 125 Å². The van der Waals surface area contributed by atoms with E-state index in [1.54, 1.807) is 0 Å². The molecule has 0 aromatic rings. The Labute approximate surface area is 142 Å². The summed E-state index contributed by atoms with van der Waals surface area (Å²) in [6, 6.07) is 0. The summed E-state index contributed by atoms with van der Waals surface area (Å²) in [7, 11) is 0. The Hall–Kier alpha value is 0.470. The van der Waals surface area contributed by atoms with Crippen LogP contribution < -0.4 is 0 Å². The first-order valence-corrected chi connectivity index (χ1v) is 10.4. The quantitative estimate of drug-likeness (QED) is 0.183. The van der Waals surface area contributed by atoms with Crippen LogP contribution in [-0.2, 0) is 0 Å². The van der Waals surface area contributed by atoms with E-state index in [2.05, 4.69) is 39.7 Å². The van der Waals surface area contributed by atoms with Crippen molar-refractivity contribution in [1.29, 1.82) is 0 Å². The molecule has 0 aliphatic carbocycles. The molecule has 0 saturated carbocycles. The Morgan fingerprint density at radius 1 is 0.550 bits per heavy atom. The molecule has 0 N–H and O–H groups in total. The van der Waals surface area contributed by atoms with E-state index in [1.165, 1.54) is 103 Å². The highest BCUT2D eigenvalue weighted by Crippen LogP contribution is 2.13. The lowest BCUT2D eigenvalue weighted by atomic mass is 10.0. The Morgan fingerprint density at radius 2 is 0.900 bits per heavy atom. The standard InChI is InChI=1S/C19H37I/c1-2-3-4-5-6-7-8-9-10-11-12-13-14-15-16-17-18-19-20/h18-19H,2-17H2,1H3/b19-18+. The molecule has 0 fully saturated rings. The summed E-state index contributed by atoms with van der Waals surface area (Å²) in [6.07, 6.45) is 25.4. The minimum Gasteiger partial charge on any atom is -0.0785 e. The van der Waals surface area contributed by atoms with Gasteiger partial charge in [0.1, 0.15) is 0 Å². The molecule has 0 aliphatic heterocycles. The molecule has 0 aliphatic rings. The second-order valence-corrected chi connectivity index (χ2v) is 6.82. The zero-order valence-electron chi connectivity index (χ0n) is 13.8. The van der Waals surface area contributed by atoms with Crippen LogP contribution in [0.3, 0.4) is 0 Å².